The molecule has 1 saturated carbocycles. The lowest BCUT2D eigenvalue weighted by Crippen LogP contribution is -2.46. The predicted molar refractivity (Wildman–Crippen MR) is 150 cm³/mol. The molecule has 0 radical (unpaired) electrons. The highest BCUT2D eigenvalue weighted by atomic mass is 35.5. The third kappa shape index (κ3) is 4.94. The molecule has 8 nitrogen and oxygen atoms in total. The topological polar surface area (TPSA) is 131 Å². The molecule has 3 amide bonds. The molecule has 1 aliphatic rings. The number of nitrogens with zero attached hydrogens (tertiary/aromatic N) is 2. The summed E-state index contributed by atoms with van der Waals surface area (Å²) in [7, 11) is 0. The van der Waals surface area contributed by atoms with Crippen LogP contribution in [0, 0.1) is 0 Å². The Labute approximate surface area is 228 Å². The van der Waals surface area contributed by atoms with Crippen LogP contribution in [0.25, 0.3) is 10.8 Å². The number of hydrogen-bond donors (Lipinski definition) is 3. The monoisotopic (exact) mass is 547 g/mol. The van der Waals surface area contributed by atoms with Crippen LogP contribution in [-0.2, 0) is 4.79 Å². The van der Waals surface area contributed by atoms with Crippen LogP contribution in [0.2, 0.25) is 5.02 Å². The Morgan fingerprint density at radius 1 is 1.00 bits per heavy atom. The van der Waals surface area contributed by atoms with Crippen LogP contribution in [0.5, 0.6) is 0 Å². The van der Waals surface area contributed by atoms with E-state index in [1.807, 2.05) is 36.4 Å². The molecule has 194 valence electrons. The predicted octanol–water partition coefficient (Wildman–Crippen LogP) is 5.08. The second-order valence-corrected chi connectivity index (χ2v) is 10.5. The van der Waals surface area contributed by atoms with Crippen molar-refractivity contribution in [3.8, 4) is 0 Å². The van der Waals surface area contributed by atoms with Crippen molar-refractivity contribution in [3.63, 3.8) is 0 Å². The average Bonchev–Trinajstić information content (AvgIpc) is 3.57. The molecule has 1 aromatic heterocycles. The van der Waals surface area contributed by atoms with E-state index in [1.54, 1.807) is 30.3 Å². The number of halogens is 1. The van der Waals surface area contributed by atoms with Gasteiger partial charge in [-0.2, -0.15) is 4.37 Å². The highest BCUT2D eigenvalue weighted by Crippen LogP contribution is 2.37. The smallest absolute Gasteiger partial charge is 0.273 e. The van der Waals surface area contributed by atoms with E-state index in [0.717, 1.165) is 48.0 Å². The average molecular weight is 548 g/mol. The van der Waals surface area contributed by atoms with E-state index in [2.05, 4.69) is 9.69 Å². The summed E-state index contributed by atoms with van der Waals surface area (Å²) in [5, 5.41) is 5.32. The molecule has 0 bridgehead atoms. The van der Waals surface area contributed by atoms with Crippen LogP contribution in [0.15, 0.2) is 66.7 Å². The lowest BCUT2D eigenvalue weighted by molar-refractivity contribution is -0.123. The zero-order valence-corrected chi connectivity index (χ0v) is 22.0. The molecule has 10 heteroatoms. The van der Waals surface area contributed by atoms with E-state index in [9.17, 15) is 14.4 Å². The van der Waals surface area contributed by atoms with E-state index in [4.69, 9.17) is 23.1 Å². The number of amides is 3. The molecule has 1 heterocycles. The second-order valence-electron chi connectivity index (χ2n) is 9.26. The Morgan fingerprint density at radius 3 is 2.37 bits per heavy atom. The summed E-state index contributed by atoms with van der Waals surface area (Å²) in [6.07, 6.45) is 3.84. The number of carbonyl (C=O) groups excluding carboxylic acids is 3. The van der Waals surface area contributed by atoms with Crippen LogP contribution >= 0.6 is 23.1 Å². The number of anilines is 2. The normalized spacial score (nSPS) is 14.3. The van der Waals surface area contributed by atoms with Crippen molar-refractivity contribution in [2.24, 2.45) is 5.73 Å². The van der Waals surface area contributed by atoms with E-state index in [0.29, 0.717) is 16.3 Å². The maximum absolute atomic E-state index is 14.3. The SMILES string of the molecule is NC(=O)c1nsc(C(=O)N(c2cccc3ccccc23)C(C(=O)NC2CCCC2)c2ccc(Cl)cc2)c1N. The number of nitrogen functional groups attached to an aromatic ring is 1. The molecule has 1 atom stereocenters. The summed E-state index contributed by atoms with van der Waals surface area (Å²) in [6.45, 7) is 0. The van der Waals surface area contributed by atoms with Crippen LogP contribution in [0.4, 0.5) is 11.4 Å². The Morgan fingerprint density at radius 2 is 1.68 bits per heavy atom. The molecular weight excluding hydrogens is 522 g/mol. The number of fused-ring (bicyclic) bond motifs is 1. The minimum Gasteiger partial charge on any atom is -0.395 e. The van der Waals surface area contributed by atoms with E-state index in [1.165, 1.54) is 4.90 Å². The Bertz CT molecular complexity index is 1510. The van der Waals surface area contributed by atoms with Gasteiger partial charge in [0.15, 0.2) is 5.69 Å². The van der Waals surface area contributed by atoms with Crippen molar-refractivity contribution in [2.75, 3.05) is 10.6 Å². The fourth-order valence-electron chi connectivity index (χ4n) is 4.94. The summed E-state index contributed by atoms with van der Waals surface area (Å²) in [5.74, 6) is -1.72. The van der Waals surface area contributed by atoms with Gasteiger partial charge in [-0.15, -0.1) is 0 Å². The molecule has 4 aromatic rings. The first kappa shape index (κ1) is 25.7. The minimum atomic E-state index is -1.05. The van der Waals surface area contributed by atoms with Crippen molar-refractivity contribution < 1.29 is 14.4 Å². The minimum absolute atomic E-state index is 0.0247. The molecule has 0 saturated heterocycles. The van der Waals surface area contributed by atoms with Crippen molar-refractivity contribution in [1.82, 2.24) is 9.69 Å². The highest BCUT2D eigenvalue weighted by Gasteiger charge is 2.37. The molecule has 1 fully saturated rings. The summed E-state index contributed by atoms with van der Waals surface area (Å²) >= 11 is 6.95. The number of hydrogen-bond acceptors (Lipinski definition) is 6. The molecule has 5 rings (SSSR count). The van der Waals surface area contributed by atoms with Gasteiger partial charge in [0.05, 0.1) is 11.4 Å². The third-order valence-electron chi connectivity index (χ3n) is 6.79. The summed E-state index contributed by atoms with van der Waals surface area (Å²) < 4.78 is 4.02. The van der Waals surface area contributed by atoms with Crippen molar-refractivity contribution in [1.29, 1.82) is 0 Å². The Kier molecular flexibility index (Phi) is 7.31. The first-order valence-corrected chi connectivity index (χ1v) is 13.4. The largest absolute Gasteiger partial charge is 0.395 e. The third-order valence-corrected chi connectivity index (χ3v) is 7.90. The van der Waals surface area contributed by atoms with Gasteiger partial charge in [0.2, 0.25) is 5.91 Å². The number of nitrogens with one attached hydrogen (secondary N) is 1. The Balaban J connectivity index is 1.71. The van der Waals surface area contributed by atoms with Gasteiger partial charge < -0.3 is 16.8 Å². The van der Waals surface area contributed by atoms with Gasteiger partial charge in [-0.3, -0.25) is 19.3 Å². The number of nitrogens with two attached hydrogens (primary N) is 2. The first-order valence-electron chi connectivity index (χ1n) is 12.3. The molecule has 0 spiro atoms. The molecule has 1 unspecified atom stereocenters. The zero-order valence-electron chi connectivity index (χ0n) is 20.4. The van der Waals surface area contributed by atoms with Crippen LogP contribution in [0.1, 0.15) is 57.4 Å². The summed E-state index contributed by atoms with van der Waals surface area (Å²) in [5.41, 5.74) is 12.4. The van der Waals surface area contributed by atoms with Crippen molar-refractivity contribution >= 4 is 63.0 Å². The van der Waals surface area contributed by atoms with Gasteiger partial charge in [0.1, 0.15) is 10.9 Å². The van der Waals surface area contributed by atoms with Crippen LogP contribution in [0.3, 0.4) is 0 Å². The van der Waals surface area contributed by atoms with Gasteiger partial charge >= 0.3 is 0 Å². The summed E-state index contributed by atoms with van der Waals surface area (Å²) in [4.78, 5) is 41.6. The molecule has 38 heavy (non-hydrogen) atoms. The van der Waals surface area contributed by atoms with Gasteiger partial charge in [0, 0.05) is 16.5 Å². The van der Waals surface area contributed by atoms with Crippen molar-refractivity contribution in [3.05, 3.63) is 87.9 Å². The van der Waals surface area contributed by atoms with Crippen molar-refractivity contribution in [2.45, 2.75) is 37.8 Å². The molecule has 3 aromatic carbocycles. The lowest BCUT2D eigenvalue weighted by atomic mass is 10.00. The fourth-order valence-corrected chi connectivity index (χ4v) is 5.80. The number of primary amides is 1. The molecule has 5 N–H and O–H groups in total. The van der Waals surface area contributed by atoms with Gasteiger partial charge in [-0.1, -0.05) is 73.0 Å². The lowest BCUT2D eigenvalue weighted by Gasteiger charge is -2.33. The second kappa shape index (κ2) is 10.8. The first-order chi connectivity index (χ1) is 18.3. The maximum Gasteiger partial charge on any atom is 0.273 e. The van der Waals surface area contributed by atoms with Crippen LogP contribution in [-0.4, -0.2) is 28.1 Å². The number of benzene rings is 3. The van der Waals surface area contributed by atoms with Gasteiger partial charge in [-0.05, 0) is 53.5 Å². The van der Waals surface area contributed by atoms with E-state index >= 15 is 0 Å². The van der Waals surface area contributed by atoms with E-state index < -0.39 is 17.9 Å². The van der Waals surface area contributed by atoms with E-state index in [-0.39, 0.29) is 28.2 Å². The zero-order chi connectivity index (χ0) is 26.8. The Hall–Kier alpha value is -3.95. The van der Waals surface area contributed by atoms with Crippen LogP contribution < -0.4 is 21.7 Å². The molecule has 1 aliphatic carbocycles. The maximum atomic E-state index is 14.3. The number of rotatable bonds is 7. The molecule has 0 aliphatic heterocycles. The van der Waals surface area contributed by atoms with Gasteiger partial charge in [-0.25, -0.2) is 0 Å². The highest BCUT2D eigenvalue weighted by molar-refractivity contribution is 7.09. The van der Waals surface area contributed by atoms with Gasteiger partial charge in [0.25, 0.3) is 11.8 Å². The quantitative estimate of drug-likeness (QED) is 0.297. The number of aromatic nitrogens is 1. The molecular formula is C28H26ClN5O3S. The number of carbonyl (C=O) groups is 3. The standard InChI is InChI=1S/C28H26ClN5O3S/c29-18-14-12-17(13-15-18)24(27(36)32-19-8-2-3-9-19)34(21-11-5-7-16-6-1-4-10-20(16)21)28(37)25-22(30)23(26(31)35)33-38-25/h1,4-7,10-15,19,24H,2-3,8-9,30H2,(H2,31,35)(H,32,36). The summed E-state index contributed by atoms with van der Waals surface area (Å²) in [6, 6.07) is 19.0. The fraction of sp³-hybridized carbons (Fsp3) is 0.214.